The lowest BCUT2D eigenvalue weighted by Gasteiger charge is -1.92. The van der Waals surface area contributed by atoms with Crippen LogP contribution in [-0.2, 0) is 0 Å². The van der Waals surface area contributed by atoms with Gasteiger partial charge >= 0.3 is 0 Å². The molecule has 0 amide bonds. The largest absolute Gasteiger partial charge is 0.0882 e. The Hall–Kier alpha value is -2.34. The van der Waals surface area contributed by atoms with E-state index in [0.29, 0.717) is 0 Å². The first-order valence-corrected chi connectivity index (χ1v) is 14.8. The van der Waals surface area contributed by atoms with Crippen molar-refractivity contribution in [3.8, 4) is 0 Å². The van der Waals surface area contributed by atoms with Crippen LogP contribution in [0.1, 0.15) is 116 Å². The number of hydrogen-bond donors (Lipinski definition) is 0. The van der Waals surface area contributed by atoms with Gasteiger partial charge in [0.05, 0.1) is 0 Å². The number of allylic oxidation sites excluding steroid dienone is 18. The predicted molar refractivity (Wildman–Crippen MR) is 165 cm³/mol. The van der Waals surface area contributed by atoms with Crippen LogP contribution in [0.3, 0.4) is 0 Å². The van der Waals surface area contributed by atoms with E-state index in [1.54, 1.807) is 0 Å². The van der Waals surface area contributed by atoms with Crippen molar-refractivity contribution in [1.82, 2.24) is 0 Å². The minimum atomic E-state index is 1.16. The second kappa shape index (κ2) is 28.9. The highest BCUT2D eigenvalue weighted by atomic mass is 13.9. The molecule has 0 spiro atoms. The van der Waals surface area contributed by atoms with Gasteiger partial charge in [-0.3, -0.25) is 0 Å². The molecule has 0 saturated heterocycles. The van der Waals surface area contributed by atoms with Crippen LogP contribution in [0, 0.1) is 0 Å². The quantitative estimate of drug-likeness (QED) is 0.299. The molecule has 0 atom stereocenters. The topological polar surface area (TPSA) is 0 Å². The molecule has 0 aromatic heterocycles. The van der Waals surface area contributed by atoms with Crippen molar-refractivity contribution in [2.45, 2.75) is 116 Å². The molecule has 198 valence electrons. The summed E-state index contributed by atoms with van der Waals surface area (Å²) in [5.74, 6) is 0. The zero-order chi connectivity index (χ0) is 25.5. The van der Waals surface area contributed by atoms with Crippen molar-refractivity contribution in [1.29, 1.82) is 0 Å². The fourth-order valence-electron chi connectivity index (χ4n) is 3.85. The van der Waals surface area contributed by atoms with Crippen LogP contribution in [0.25, 0.3) is 0 Å². The first kappa shape index (κ1) is 31.7. The highest BCUT2D eigenvalue weighted by Gasteiger charge is 1.84. The van der Waals surface area contributed by atoms with E-state index in [4.69, 9.17) is 0 Å². The van der Waals surface area contributed by atoms with Gasteiger partial charge in [0.2, 0.25) is 0 Å². The van der Waals surface area contributed by atoms with E-state index in [-0.39, 0.29) is 0 Å². The van der Waals surface area contributed by atoms with Crippen LogP contribution >= 0.6 is 0 Å². The molecule has 0 N–H and O–H groups in total. The Labute approximate surface area is 224 Å². The highest BCUT2D eigenvalue weighted by molar-refractivity contribution is 4.96. The molecule has 0 heterocycles. The Kier molecular flexibility index (Phi) is 25.4. The molecular weight excluding hydrogens is 432 g/mol. The monoisotopic (exact) mass is 486 g/mol. The van der Waals surface area contributed by atoms with Gasteiger partial charge in [0, 0.05) is 0 Å². The van der Waals surface area contributed by atoms with Gasteiger partial charge in [-0.15, -0.1) is 0 Å². The van der Waals surface area contributed by atoms with Crippen LogP contribution in [0.5, 0.6) is 0 Å². The number of hydrogen-bond acceptors (Lipinski definition) is 0. The van der Waals surface area contributed by atoms with Crippen LogP contribution in [0.4, 0.5) is 0 Å². The van der Waals surface area contributed by atoms with E-state index in [0.717, 1.165) is 116 Å². The fraction of sp³-hybridized carbons (Fsp3) is 0.500. The van der Waals surface area contributed by atoms with E-state index in [1.807, 2.05) is 0 Å². The van der Waals surface area contributed by atoms with Crippen LogP contribution in [-0.4, -0.2) is 0 Å². The average Bonchev–Trinajstić information content (AvgIpc) is 2.89. The molecule has 0 radical (unpaired) electrons. The molecule has 0 aromatic carbocycles. The summed E-state index contributed by atoms with van der Waals surface area (Å²) < 4.78 is 0. The predicted octanol–water partition coefficient (Wildman–Crippen LogP) is 12.0. The van der Waals surface area contributed by atoms with E-state index in [2.05, 4.69) is 109 Å². The molecule has 1 rings (SSSR count). The standard InChI is InChI=1S/C36H54/c1-2-4-6-8-10-12-14-16-18-20-22-24-26-28-30-32-34-36-35-33-31-29-27-25-23-21-19-17-15-13-11-9-7-5-3-1/h1-2,7-10,15-18,23-26,31-34H,3-6,11-14,19-22,27-30,35-36H2. The molecule has 0 fully saturated rings. The Balaban J connectivity index is 2.29. The summed E-state index contributed by atoms with van der Waals surface area (Å²) in [6.07, 6.45) is 63.0. The summed E-state index contributed by atoms with van der Waals surface area (Å²) in [6.45, 7) is 0. The lowest BCUT2D eigenvalue weighted by Crippen LogP contribution is -1.71. The molecule has 1 aliphatic rings. The molecule has 0 saturated carbocycles. The Morgan fingerprint density at radius 2 is 0.167 bits per heavy atom. The van der Waals surface area contributed by atoms with Gasteiger partial charge in [0.15, 0.2) is 0 Å². The lowest BCUT2D eigenvalue weighted by molar-refractivity contribution is 0.962. The third kappa shape index (κ3) is 26.3. The second-order valence-electron chi connectivity index (χ2n) is 9.44. The summed E-state index contributed by atoms with van der Waals surface area (Å²) in [6, 6.07) is 0. The molecule has 0 bridgehead atoms. The minimum Gasteiger partial charge on any atom is -0.0882 e. The first-order valence-electron chi connectivity index (χ1n) is 14.8. The fourth-order valence-corrected chi connectivity index (χ4v) is 3.85. The molecule has 0 heteroatoms. The SMILES string of the molecule is C1=CCCC=CCCC=CCCC=CCCC=CCCC=CCCC=CCCC=CCCC=CCC1. The Morgan fingerprint density at radius 3 is 0.222 bits per heavy atom. The van der Waals surface area contributed by atoms with Crippen molar-refractivity contribution in [3.63, 3.8) is 0 Å². The van der Waals surface area contributed by atoms with Crippen LogP contribution in [0.15, 0.2) is 109 Å². The first-order chi connectivity index (χ1) is 18.0. The van der Waals surface area contributed by atoms with E-state index in [9.17, 15) is 0 Å². The van der Waals surface area contributed by atoms with Crippen molar-refractivity contribution < 1.29 is 0 Å². The summed E-state index contributed by atoms with van der Waals surface area (Å²) in [5, 5.41) is 0. The third-order valence-electron chi connectivity index (χ3n) is 6.00. The minimum absolute atomic E-state index is 1.16. The normalized spacial score (nSPS) is 20.0. The Morgan fingerprint density at radius 1 is 0.111 bits per heavy atom. The highest BCUT2D eigenvalue weighted by Crippen LogP contribution is 2.05. The summed E-state index contributed by atoms with van der Waals surface area (Å²) >= 11 is 0. The zero-order valence-corrected chi connectivity index (χ0v) is 23.1. The van der Waals surface area contributed by atoms with Gasteiger partial charge in [-0.05, 0) is 116 Å². The average molecular weight is 487 g/mol. The van der Waals surface area contributed by atoms with E-state index >= 15 is 0 Å². The molecule has 1 aliphatic carbocycles. The summed E-state index contributed by atoms with van der Waals surface area (Å²) in [4.78, 5) is 0. The van der Waals surface area contributed by atoms with Gasteiger partial charge in [-0.2, -0.15) is 0 Å². The van der Waals surface area contributed by atoms with E-state index in [1.165, 1.54) is 0 Å². The molecule has 0 aliphatic heterocycles. The molecular formula is C36H54. The van der Waals surface area contributed by atoms with Crippen molar-refractivity contribution in [2.75, 3.05) is 0 Å². The molecule has 36 heavy (non-hydrogen) atoms. The second-order valence-corrected chi connectivity index (χ2v) is 9.44. The third-order valence-corrected chi connectivity index (χ3v) is 6.00. The summed E-state index contributed by atoms with van der Waals surface area (Å²) in [7, 11) is 0. The number of rotatable bonds is 0. The molecule has 0 aromatic rings. The van der Waals surface area contributed by atoms with Gasteiger partial charge in [-0.25, -0.2) is 0 Å². The van der Waals surface area contributed by atoms with Gasteiger partial charge in [0.25, 0.3) is 0 Å². The van der Waals surface area contributed by atoms with Gasteiger partial charge in [0.1, 0.15) is 0 Å². The Bertz CT molecular complexity index is 463. The van der Waals surface area contributed by atoms with Gasteiger partial charge < -0.3 is 0 Å². The maximum absolute atomic E-state index is 2.34. The lowest BCUT2D eigenvalue weighted by atomic mass is 10.1. The van der Waals surface area contributed by atoms with Crippen molar-refractivity contribution in [2.24, 2.45) is 0 Å². The zero-order valence-electron chi connectivity index (χ0n) is 23.1. The van der Waals surface area contributed by atoms with Crippen LogP contribution in [0.2, 0.25) is 0 Å². The maximum atomic E-state index is 2.34. The van der Waals surface area contributed by atoms with E-state index < -0.39 is 0 Å². The van der Waals surface area contributed by atoms with Gasteiger partial charge in [-0.1, -0.05) is 109 Å². The molecule has 0 nitrogen and oxygen atoms in total. The van der Waals surface area contributed by atoms with Crippen molar-refractivity contribution >= 4 is 0 Å². The summed E-state index contributed by atoms with van der Waals surface area (Å²) in [5.41, 5.74) is 0. The smallest absolute Gasteiger partial charge is 0.0316 e. The van der Waals surface area contributed by atoms with Crippen molar-refractivity contribution in [3.05, 3.63) is 109 Å². The van der Waals surface area contributed by atoms with Crippen LogP contribution < -0.4 is 0 Å². The molecule has 0 unspecified atom stereocenters. The maximum Gasteiger partial charge on any atom is -0.0316 e.